The van der Waals surface area contributed by atoms with Gasteiger partial charge in [-0.2, -0.15) is 0 Å². The molecule has 1 fully saturated rings. The number of rotatable bonds is 5. The van der Waals surface area contributed by atoms with Crippen LogP contribution in [0.4, 0.5) is 0 Å². The van der Waals surface area contributed by atoms with Gasteiger partial charge in [0, 0.05) is 11.6 Å². The summed E-state index contributed by atoms with van der Waals surface area (Å²) in [6.07, 6.45) is 6.80. The normalized spacial score (nSPS) is 24.4. The number of hydrogen-bond acceptors (Lipinski definition) is 2. The van der Waals surface area contributed by atoms with E-state index in [0.717, 1.165) is 11.7 Å². The van der Waals surface area contributed by atoms with E-state index in [2.05, 4.69) is 44.3 Å². The zero-order valence-corrected chi connectivity index (χ0v) is 13.4. The van der Waals surface area contributed by atoms with E-state index < -0.39 is 0 Å². The summed E-state index contributed by atoms with van der Waals surface area (Å²) in [7, 11) is 2.00. The minimum Gasteiger partial charge on any atom is -0.490 e. The molecule has 1 aliphatic rings. The molecule has 112 valence electrons. The first-order valence-electron chi connectivity index (χ1n) is 8.08. The Balaban J connectivity index is 2.13. The van der Waals surface area contributed by atoms with Crippen molar-refractivity contribution in [3.63, 3.8) is 0 Å². The maximum atomic E-state index is 6.38. The lowest BCUT2D eigenvalue weighted by Gasteiger charge is -2.30. The second-order valence-corrected chi connectivity index (χ2v) is 6.23. The predicted molar refractivity (Wildman–Crippen MR) is 85.3 cm³/mol. The summed E-state index contributed by atoms with van der Waals surface area (Å²) in [5.74, 6) is 1.93. The third kappa shape index (κ3) is 3.76. The van der Waals surface area contributed by atoms with E-state index in [1.54, 1.807) is 0 Å². The van der Waals surface area contributed by atoms with Crippen LogP contribution in [-0.4, -0.2) is 13.2 Å². The molecule has 1 saturated carbocycles. The van der Waals surface area contributed by atoms with Gasteiger partial charge in [-0.3, -0.25) is 0 Å². The third-order valence-electron chi connectivity index (χ3n) is 4.67. The number of hydrogen-bond donors (Lipinski definition) is 1. The fourth-order valence-electron chi connectivity index (χ4n) is 3.16. The van der Waals surface area contributed by atoms with Gasteiger partial charge in [0.1, 0.15) is 5.75 Å². The molecule has 0 aromatic heterocycles. The first-order chi connectivity index (χ1) is 9.63. The van der Waals surface area contributed by atoms with Crippen LogP contribution in [0.2, 0.25) is 0 Å². The van der Waals surface area contributed by atoms with Gasteiger partial charge in [0.25, 0.3) is 0 Å². The van der Waals surface area contributed by atoms with Crippen LogP contribution in [0.5, 0.6) is 5.75 Å². The van der Waals surface area contributed by atoms with Crippen LogP contribution in [0, 0.1) is 12.8 Å². The van der Waals surface area contributed by atoms with Gasteiger partial charge in [0.2, 0.25) is 0 Å². The molecule has 2 rings (SSSR count). The second-order valence-electron chi connectivity index (χ2n) is 6.23. The van der Waals surface area contributed by atoms with Gasteiger partial charge in [-0.25, -0.2) is 0 Å². The molecule has 1 aliphatic carbocycles. The van der Waals surface area contributed by atoms with E-state index in [9.17, 15) is 0 Å². The monoisotopic (exact) mass is 275 g/mol. The van der Waals surface area contributed by atoms with Crippen molar-refractivity contribution in [3.8, 4) is 5.75 Å². The van der Waals surface area contributed by atoms with Crippen LogP contribution < -0.4 is 10.1 Å². The highest BCUT2D eigenvalue weighted by Crippen LogP contribution is 2.33. The van der Waals surface area contributed by atoms with Crippen molar-refractivity contribution in [1.82, 2.24) is 5.32 Å². The first kappa shape index (κ1) is 15.4. The predicted octanol–water partition coefficient (Wildman–Crippen LogP) is 4.62. The lowest BCUT2D eigenvalue weighted by atomic mass is 9.85. The largest absolute Gasteiger partial charge is 0.490 e. The molecule has 2 heteroatoms. The fourth-order valence-corrected chi connectivity index (χ4v) is 3.16. The highest BCUT2D eigenvalue weighted by molar-refractivity contribution is 5.39. The summed E-state index contributed by atoms with van der Waals surface area (Å²) in [4.78, 5) is 0. The van der Waals surface area contributed by atoms with Crippen molar-refractivity contribution in [2.75, 3.05) is 7.05 Å². The van der Waals surface area contributed by atoms with E-state index in [4.69, 9.17) is 4.74 Å². The number of aryl methyl sites for hydroxylation is 1. The van der Waals surface area contributed by atoms with Crippen LogP contribution in [0.25, 0.3) is 0 Å². The van der Waals surface area contributed by atoms with E-state index in [1.807, 2.05) is 7.05 Å². The van der Waals surface area contributed by atoms with Gasteiger partial charge in [-0.15, -0.1) is 0 Å². The van der Waals surface area contributed by atoms with Crippen molar-refractivity contribution in [3.05, 3.63) is 29.3 Å². The second kappa shape index (κ2) is 7.12. The molecule has 1 aromatic carbocycles. The topological polar surface area (TPSA) is 21.3 Å². The Morgan fingerprint density at radius 1 is 1.35 bits per heavy atom. The highest BCUT2D eigenvalue weighted by Gasteiger charge is 2.23. The molecule has 3 atom stereocenters. The van der Waals surface area contributed by atoms with Crippen LogP contribution in [0.3, 0.4) is 0 Å². The Kier molecular flexibility index (Phi) is 5.47. The van der Waals surface area contributed by atoms with Gasteiger partial charge in [-0.05, 0) is 57.7 Å². The lowest BCUT2D eigenvalue weighted by Crippen LogP contribution is -2.26. The Labute approximate surface area is 123 Å². The van der Waals surface area contributed by atoms with Crippen molar-refractivity contribution < 1.29 is 4.74 Å². The summed E-state index contributed by atoms with van der Waals surface area (Å²) in [6, 6.07) is 6.90. The standard InChI is InChI=1S/C18H29NO/c1-5-15-7-6-8-16(12-15)20-18-11-13(2)9-10-17(18)14(3)19-4/h9-11,14-16,19H,5-8,12H2,1-4H3. The Morgan fingerprint density at radius 2 is 2.15 bits per heavy atom. The van der Waals surface area contributed by atoms with Crippen molar-refractivity contribution >= 4 is 0 Å². The van der Waals surface area contributed by atoms with Crippen LogP contribution in [0.1, 0.15) is 63.1 Å². The van der Waals surface area contributed by atoms with Gasteiger partial charge in [0.15, 0.2) is 0 Å². The quantitative estimate of drug-likeness (QED) is 0.846. The smallest absolute Gasteiger partial charge is 0.124 e. The van der Waals surface area contributed by atoms with E-state index >= 15 is 0 Å². The molecule has 0 radical (unpaired) electrons. The molecule has 0 bridgehead atoms. The highest BCUT2D eigenvalue weighted by atomic mass is 16.5. The lowest BCUT2D eigenvalue weighted by molar-refractivity contribution is 0.120. The maximum Gasteiger partial charge on any atom is 0.124 e. The maximum absolute atomic E-state index is 6.38. The molecule has 1 aromatic rings. The average molecular weight is 275 g/mol. The van der Waals surface area contributed by atoms with Gasteiger partial charge < -0.3 is 10.1 Å². The SMILES string of the molecule is CCC1CCCC(Oc2cc(C)ccc2C(C)NC)C1. The number of ether oxygens (including phenoxy) is 1. The molecule has 0 spiro atoms. The van der Waals surface area contributed by atoms with Gasteiger partial charge >= 0.3 is 0 Å². The van der Waals surface area contributed by atoms with Crippen LogP contribution in [0.15, 0.2) is 18.2 Å². The van der Waals surface area contributed by atoms with E-state index in [-0.39, 0.29) is 0 Å². The summed E-state index contributed by atoms with van der Waals surface area (Å²) < 4.78 is 6.38. The Hall–Kier alpha value is -1.02. The van der Waals surface area contributed by atoms with Crippen molar-refractivity contribution in [1.29, 1.82) is 0 Å². The molecule has 1 N–H and O–H groups in total. The molecular formula is C18H29NO. The molecule has 2 nitrogen and oxygen atoms in total. The number of nitrogens with one attached hydrogen (secondary N) is 1. The minimum absolute atomic E-state index is 0.330. The summed E-state index contributed by atoms with van der Waals surface area (Å²) in [6.45, 7) is 6.62. The Bertz CT molecular complexity index is 429. The van der Waals surface area contributed by atoms with Crippen molar-refractivity contribution in [2.24, 2.45) is 5.92 Å². The van der Waals surface area contributed by atoms with Crippen molar-refractivity contribution in [2.45, 2.75) is 65.0 Å². The fraction of sp³-hybridized carbons (Fsp3) is 0.667. The van der Waals surface area contributed by atoms with E-state index in [0.29, 0.717) is 12.1 Å². The molecular weight excluding hydrogens is 246 g/mol. The molecule has 0 aliphatic heterocycles. The average Bonchev–Trinajstić information content (AvgIpc) is 2.47. The zero-order valence-electron chi connectivity index (χ0n) is 13.4. The molecule has 0 heterocycles. The molecule has 20 heavy (non-hydrogen) atoms. The van der Waals surface area contributed by atoms with Crippen LogP contribution in [-0.2, 0) is 0 Å². The molecule has 0 saturated heterocycles. The summed E-state index contributed by atoms with van der Waals surface area (Å²) >= 11 is 0. The van der Waals surface area contributed by atoms with E-state index in [1.165, 1.54) is 43.2 Å². The minimum atomic E-state index is 0.330. The first-order valence-corrected chi connectivity index (χ1v) is 8.08. The Morgan fingerprint density at radius 3 is 2.85 bits per heavy atom. The van der Waals surface area contributed by atoms with Gasteiger partial charge in [0.05, 0.1) is 6.10 Å². The summed E-state index contributed by atoms with van der Waals surface area (Å²) in [5.41, 5.74) is 2.55. The zero-order chi connectivity index (χ0) is 14.5. The molecule has 0 amide bonds. The molecule has 3 unspecified atom stereocenters. The van der Waals surface area contributed by atoms with Crippen LogP contribution >= 0.6 is 0 Å². The van der Waals surface area contributed by atoms with Gasteiger partial charge in [-0.1, -0.05) is 31.9 Å². The number of benzene rings is 1. The third-order valence-corrected chi connectivity index (χ3v) is 4.67. The summed E-state index contributed by atoms with van der Waals surface area (Å²) in [5, 5.41) is 3.32.